The highest BCUT2D eigenvalue weighted by molar-refractivity contribution is 6.34. The van der Waals surface area contributed by atoms with Crippen molar-refractivity contribution >= 4 is 23.3 Å². The van der Waals surface area contributed by atoms with E-state index < -0.39 is 0 Å². The molecule has 158 valence electrons. The predicted molar refractivity (Wildman–Crippen MR) is 120 cm³/mol. The molecule has 1 amide bonds. The molecule has 6 nitrogen and oxygen atoms in total. The van der Waals surface area contributed by atoms with Gasteiger partial charge in [0.1, 0.15) is 11.5 Å². The van der Waals surface area contributed by atoms with Crippen LogP contribution in [-0.2, 0) is 11.3 Å². The van der Waals surface area contributed by atoms with Crippen LogP contribution >= 0.6 is 11.6 Å². The summed E-state index contributed by atoms with van der Waals surface area (Å²) >= 11 is 6.27. The van der Waals surface area contributed by atoms with E-state index in [0.717, 1.165) is 36.1 Å². The minimum absolute atomic E-state index is 0.317. The minimum atomic E-state index is -0.335. The van der Waals surface area contributed by atoms with Gasteiger partial charge >= 0.3 is 0 Å². The van der Waals surface area contributed by atoms with Crippen molar-refractivity contribution in [3.05, 3.63) is 76.2 Å². The zero-order chi connectivity index (χ0) is 21.6. The Balaban J connectivity index is 1.48. The largest absolute Gasteiger partial charge is 0.381 e. The van der Waals surface area contributed by atoms with E-state index >= 15 is 0 Å². The molecule has 1 aliphatic rings. The lowest BCUT2D eigenvalue weighted by Gasteiger charge is -2.22. The van der Waals surface area contributed by atoms with Crippen LogP contribution in [-0.4, -0.2) is 33.9 Å². The molecule has 1 N–H and O–H groups in total. The molecule has 1 aliphatic heterocycles. The number of nitrogens with zero attached hydrogens (tertiary/aromatic N) is 3. The molecular formula is C24H23ClN4O2. The summed E-state index contributed by atoms with van der Waals surface area (Å²) < 4.78 is 7.20. The van der Waals surface area contributed by atoms with Crippen LogP contribution in [0.5, 0.6) is 0 Å². The Morgan fingerprint density at radius 2 is 2.06 bits per heavy atom. The third kappa shape index (κ3) is 5.32. The number of anilines is 1. The number of halogens is 1. The quantitative estimate of drug-likeness (QED) is 0.621. The molecule has 1 fully saturated rings. The number of rotatable bonds is 4. The van der Waals surface area contributed by atoms with Crippen LogP contribution in [0.3, 0.4) is 0 Å². The van der Waals surface area contributed by atoms with Crippen molar-refractivity contribution in [2.75, 3.05) is 18.5 Å². The second-order valence-electron chi connectivity index (χ2n) is 7.57. The third-order valence-electron chi connectivity index (χ3n) is 5.13. The first-order valence-corrected chi connectivity index (χ1v) is 10.6. The van der Waals surface area contributed by atoms with Crippen molar-refractivity contribution < 1.29 is 9.53 Å². The lowest BCUT2D eigenvalue weighted by atomic mass is 10.0. The second-order valence-corrected chi connectivity index (χ2v) is 7.97. The van der Waals surface area contributed by atoms with Gasteiger partial charge in [0.25, 0.3) is 5.91 Å². The molecule has 3 heterocycles. The van der Waals surface area contributed by atoms with E-state index in [2.05, 4.69) is 27.2 Å². The average molecular weight is 435 g/mol. The van der Waals surface area contributed by atoms with Gasteiger partial charge in [0.15, 0.2) is 0 Å². The smallest absolute Gasteiger partial charge is 0.276 e. The highest BCUT2D eigenvalue weighted by Gasteiger charge is 2.22. The van der Waals surface area contributed by atoms with Crippen molar-refractivity contribution in [3.63, 3.8) is 0 Å². The molecule has 1 atom stereocenters. The highest BCUT2D eigenvalue weighted by atomic mass is 35.5. The summed E-state index contributed by atoms with van der Waals surface area (Å²) in [6.45, 7) is 3.94. The van der Waals surface area contributed by atoms with Crippen molar-refractivity contribution in [1.29, 1.82) is 0 Å². The van der Waals surface area contributed by atoms with Crippen molar-refractivity contribution in [1.82, 2.24) is 14.8 Å². The summed E-state index contributed by atoms with van der Waals surface area (Å²) in [5.74, 6) is 6.66. The van der Waals surface area contributed by atoms with E-state index in [9.17, 15) is 4.79 Å². The lowest BCUT2D eigenvalue weighted by Crippen LogP contribution is -2.26. The maximum absolute atomic E-state index is 13.0. The Bertz CT molecular complexity index is 1130. The first kappa shape index (κ1) is 21.1. The van der Waals surface area contributed by atoms with E-state index in [1.165, 1.54) is 6.20 Å². The Hall–Kier alpha value is -3.14. The Morgan fingerprint density at radius 3 is 2.81 bits per heavy atom. The molecule has 31 heavy (non-hydrogen) atoms. The average Bonchev–Trinajstić information content (AvgIpc) is 3.15. The van der Waals surface area contributed by atoms with Gasteiger partial charge in [-0.25, -0.2) is 4.98 Å². The molecule has 0 bridgehead atoms. The van der Waals surface area contributed by atoms with Gasteiger partial charge in [-0.1, -0.05) is 41.6 Å². The van der Waals surface area contributed by atoms with Crippen LogP contribution in [0.15, 0.2) is 48.8 Å². The van der Waals surface area contributed by atoms with Crippen LogP contribution in [0.4, 0.5) is 5.82 Å². The van der Waals surface area contributed by atoms with Crippen molar-refractivity contribution in [2.45, 2.75) is 26.3 Å². The number of nitrogens with one attached hydrogen (secondary N) is 1. The zero-order valence-corrected chi connectivity index (χ0v) is 18.0. The standard InChI is InChI=1S/C24H23ClN4O2/c1-17-12-19(10-9-18-6-3-2-4-7-18)13-26-23(17)28-24(30)22-21(25)14-27-29(22)15-20-8-5-11-31-16-20/h2-4,6-7,12-14,20H,5,8,11,15-16H2,1H3,(H,26,28,30). The molecular weight excluding hydrogens is 412 g/mol. The maximum Gasteiger partial charge on any atom is 0.276 e. The van der Waals surface area contributed by atoms with Crippen molar-refractivity contribution in [2.24, 2.45) is 5.92 Å². The number of hydrogen-bond acceptors (Lipinski definition) is 4. The van der Waals surface area contributed by atoms with E-state index in [0.29, 0.717) is 35.6 Å². The maximum atomic E-state index is 13.0. The van der Waals surface area contributed by atoms with Gasteiger partial charge in [0.05, 0.1) is 17.8 Å². The number of pyridine rings is 1. The molecule has 0 saturated carbocycles. The Labute approximate surface area is 186 Å². The number of aromatic nitrogens is 3. The summed E-state index contributed by atoms with van der Waals surface area (Å²) in [5, 5.41) is 7.47. The summed E-state index contributed by atoms with van der Waals surface area (Å²) in [7, 11) is 0. The van der Waals surface area contributed by atoms with E-state index in [4.69, 9.17) is 16.3 Å². The minimum Gasteiger partial charge on any atom is -0.381 e. The third-order valence-corrected chi connectivity index (χ3v) is 5.41. The van der Waals surface area contributed by atoms with Crippen molar-refractivity contribution in [3.8, 4) is 11.8 Å². The van der Waals surface area contributed by atoms with E-state index in [-0.39, 0.29) is 5.91 Å². The van der Waals surface area contributed by atoms with Gasteiger partial charge < -0.3 is 10.1 Å². The fraction of sp³-hybridized carbons (Fsp3) is 0.292. The molecule has 0 aliphatic carbocycles. The lowest BCUT2D eigenvalue weighted by molar-refractivity contribution is 0.0465. The van der Waals surface area contributed by atoms with Crippen LogP contribution < -0.4 is 5.32 Å². The summed E-state index contributed by atoms with van der Waals surface area (Å²) in [6, 6.07) is 11.7. The van der Waals surface area contributed by atoms with Crippen LogP contribution in [0.1, 0.15) is 40.0 Å². The number of carbonyl (C=O) groups excluding carboxylic acids is 1. The summed E-state index contributed by atoms with van der Waals surface area (Å²) in [4.78, 5) is 17.3. The monoisotopic (exact) mass is 434 g/mol. The number of benzene rings is 1. The van der Waals surface area contributed by atoms with Crippen LogP contribution in [0.25, 0.3) is 0 Å². The molecule has 2 aromatic heterocycles. The first-order valence-electron chi connectivity index (χ1n) is 10.2. The summed E-state index contributed by atoms with van der Waals surface area (Å²) in [5.41, 5.74) is 2.86. The molecule has 0 radical (unpaired) electrons. The Morgan fingerprint density at radius 1 is 1.26 bits per heavy atom. The number of amides is 1. The second kappa shape index (κ2) is 9.78. The topological polar surface area (TPSA) is 69.0 Å². The zero-order valence-electron chi connectivity index (χ0n) is 17.3. The van der Waals surface area contributed by atoms with Crippen LogP contribution in [0, 0.1) is 24.7 Å². The molecule has 4 rings (SSSR count). The predicted octanol–water partition coefficient (Wildman–Crippen LogP) is 4.32. The van der Waals surface area contributed by atoms with E-state index in [1.807, 2.05) is 43.3 Å². The number of aryl methyl sites for hydroxylation is 1. The summed E-state index contributed by atoms with van der Waals surface area (Å²) in [6.07, 6.45) is 5.22. The van der Waals surface area contributed by atoms with E-state index in [1.54, 1.807) is 10.9 Å². The number of carbonyl (C=O) groups is 1. The van der Waals surface area contributed by atoms with Crippen LogP contribution in [0.2, 0.25) is 5.02 Å². The normalized spacial score (nSPS) is 15.7. The molecule has 7 heteroatoms. The molecule has 1 saturated heterocycles. The molecule has 3 aromatic rings. The molecule has 1 unspecified atom stereocenters. The molecule has 0 spiro atoms. The highest BCUT2D eigenvalue weighted by Crippen LogP contribution is 2.22. The van der Waals surface area contributed by atoms with Gasteiger partial charge in [-0.3, -0.25) is 9.48 Å². The number of ether oxygens (including phenoxy) is 1. The molecule has 1 aromatic carbocycles. The fourth-order valence-electron chi connectivity index (χ4n) is 3.53. The fourth-order valence-corrected chi connectivity index (χ4v) is 3.76. The Kier molecular flexibility index (Phi) is 6.66. The van der Waals surface area contributed by atoms with Gasteiger partial charge in [0.2, 0.25) is 0 Å². The number of hydrogen-bond donors (Lipinski definition) is 1. The SMILES string of the molecule is Cc1cc(C#Cc2ccccc2)cnc1NC(=O)c1c(Cl)cnn1CC1CCCOC1. The van der Waals surface area contributed by atoms with Gasteiger partial charge in [0, 0.05) is 36.4 Å². The van der Waals surface area contributed by atoms with Gasteiger partial charge in [-0.2, -0.15) is 5.10 Å². The van der Waals surface area contributed by atoms with Gasteiger partial charge in [-0.05, 0) is 43.5 Å². The first-order chi connectivity index (χ1) is 15.1. The van der Waals surface area contributed by atoms with Gasteiger partial charge in [-0.15, -0.1) is 0 Å².